The number of carbonyl (C=O) groups excluding carboxylic acids is 1. The van der Waals surface area contributed by atoms with Gasteiger partial charge in [0.1, 0.15) is 0 Å². The van der Waals surface area contributed by atoms with Gasteiger partial charge in [0.25, 0.3) is 0 Å². The predicted molar refractivity (Wildman–Crippen MR) is 96.8 cm³/mol. The summed E-state index contributed by atoms with van der Waals surface area (Å²) in [5, 5.41) is 8.73. The van der Waals surface area contributed by atoms with Gasteiger partial charge in [0.05, 0.1) is 17.8 Å². The highest BCUT2D eigenvalue weighted by Gasteiger charge is 2.19. The Labute approximate surface area is 144 Å². The van der Waals surface area contributed by atoms with Crippen molar-refractivity contribution >= 4 is 16.8 Å². The molecule has 2 heterocycles. The Kier molecular flexibility index (Phi) is 5.19. The SMILES string of the molecule is Cc1ccc2c(c1)c(CNC(=O)CC[C@@H]1CCCCN1C)nn2C. The molecule has 0 unspecified atom stereocenters. The first-order chi connectivity index (χ1) is 11.5. The number of fused-ring (bicyclic) bond motifs is 1. The van der Waals surface area contributed by atoms with E-state index < -0.39 is 0 Å². The topological polar surface area (TPSA) is 50.2 Å². The molecule has 3 rings (SSSR count). The lowest BCUT2D eigenvalue weighted by atomic mass is 9.98. The third-order valence-electron chi connectivity index (χ3n) is 5.16. The first-order valence-corrected chi connectivity index (χ1v) is 8.94. The van der Waals surface area contributed by atoms with Gasteiger partial charge in [0, 0.05) is 24.9 Å². The average Bonchev–Trinajstić information content (AvgIpc) is 2.87. The fraction of sp³-hybridized carbons (Fsp3) is 0.579. The Hall–Kier alpha value is -1.88. The number of hydrogen-bond acceptors (Lipinski definition) is 3. The largest absolute Gasteiger partial charge is 0.350 e. The van der Waals surface area contributed by atoms with Gasteiger partial charge in [0.2, 0.25) is 5.91 Å². The zero-order valence-corrected chi connectivity index (χ0v) is 15.0. The fourth-order valence-corrected chi connectivity index (χ4v) is 3.66. The van der Waals surface area contributed by atoms with Crippen LogP contribution in [0, 0.1) is 6.92 Å². The number of piperidine rings is 1. The lowest BCUT2D eigenvalue weighted by Gasteiger charge is -2.32. The number of nitrogens with zero attached hydrogens (tertiary/aromatic N) is 3. The summed E-state index contributed by atoms with van der Waals surface area (Å²) in [6.07, 6.45) is 5.33. The van der Waals surface area contributed by atoms with E-state index in [0.29, 0.717) is 19.0 Å². The van der Waals surface area contributed by atoms with Gasteiger partial charge in [-0.05, 0) is 51.9 Å². The van der Waals surface area contributed by atoms with Crippen molar-refractivity contribution in [1.29, 1.82) is 0 Å². The molecule has 1 aliphatic heterocycles. The highest BCUT2D eigenvalue weighted by Crippen LogP contribution is 2.20. The minimum absolute atomic E-state index is 0.125. The molecule has 0 saturated carbocycles. The van der Waals surface area contributed by atoms with Crippen LogP contribution in [0.2, 0.25) is 0 Å². The number of benzene rings is 1. The van der Waals surface area contributed by atoms with Gasteiger partial charge in [0.15, 0.2) is 0 Å². The number of amides is 1. The van der Waals surface area contributed by atoms with E-state index in [4.69, 9.17) is 0 Å². The molecule has 24 heavy (non-hydrogen) atoms. The van der Waals surface area contributed by atoms with Crippen molar-refractivity contribution in [2.24, 2.45) is 7.05 Å². The van der Waals surface area contributed by atoms with E-state index in [1.807, 2.05) is 11.7 Å². The second-order valence-electron chi connectivity index (χ2n) is 7.04. The molecule has 1 amide bonds. The van der Waals surface area contributed by atoms with Crippen LogP contribution in [0.1, 0.15) is 43.4 Å². The molecular formula is C19H28N4O. The van der Waals surface area contributed by atoms with Crippen LogP contribution in [-0.2, 0) is 18.4 Å². The van der Waals surface area contributed by atoms with E-state index in [2.05, 4.69) is 47.5 Å². The van der Waals surface area contributed by atoms with E-state index >= 15 is 0 Å². The van der Waals surface area contributed by atoms with Crippen LogP contribution in [0.25, 0.3) is 10.9 Å². The van der Waals surface area contributed by atoms with Crippen LogP contribution in [0.5, 0.6) is 0 Å². The molecule has 1 fully saturated rings. The van der Waals surface area contributed by atoms with Gasteiger partial charge < -0.3 is 10.2 Å². The average molecular weight is 328 g/mol. The highest BCUT2D eigenvalue weighted by molar-refractivity contribution is 5.83. The van der Waals surface area contributed by atoms with Crippen molar-refractivity contribution in [3.63, 3.8) is 0 Å². The molecular weight excluding hydrogens is 300 g/mol. The van der Waals surface area contributed by atoms with Gasteiger partial charge in [-0.2, -0.15) is 5.10 Å². The Morgan fingerprint density at radius 2 is 2.17 bits per heavy atom. The summed E-state index contributed by atoms with van der Waals surface area (Å²) in [6, 6.07) is 6.87. The van der Waals surface area contributed by atoms with Crippen molar-refractivity contribution in [2.45, 2.75) is 51.6 Å². The van der Waals surface area contributed by atoms with Crippen molar-refractivity contribution in [3.05, 3.63) is 29.5 Å². The molecule has 1 N–H and O–H groups in total. The maximum Gasteiger partial charge on any atom is 0.220 e. The third-order valence-corrected chi connectivity index (χ3v) is 5.16. The second-order valence-corrected chi connectivity index (χ2v) is 7.04. The van der Waals surface area contributed by atoms with Crippen LogP contribution < -0.4 is 5.32 Å². The molecule has 2 aromatic rings. The van der Waals surface area contributed by atoms with E-state index in [0.717, 1.165) is 29.6 Å². The monoisotopic (exact) mass is 328 g/mol. The zero-order valence-electron chi connectivity index (χ0n) is 15.0. The third kappa shape index (κ3) is 3.78. The number of rotatable bonds is 5. The highest BCUT2D eigenvalue weighted by atomic mass is 16.1. The zero-order chi connectivity index (χ0) is 17.1. The summed E-state index contributed by atoms with van der Waals surface area (Å²) in [4.78, 5) is 14.6. The number of hydrogen-bond donors (Lipinski definition) is 1. The van der Waals surface area contributed by atoms with Crippen LogP contribution in [0.15, 0.2) is 18.2 Å². The predicted octanol–water partition coefficient (Wildman–Crippen LogP) is 2.76. The molecule has 0 radical (unpaired) electrons. The van der Waals surface area contributed by atoms with Crippen molar-refractivity contribution in [3.8, 4) is 0 Å². The van der Waals surface area contributed by atoms with Crippen LogP contribution in [-0.4, -0.2) is 40.2 Å². The number of nitrogens with one attached hydrogen (secondary N) is 1. The first kappa shape index (κ1) is 17.0. The maximum atomic E-state index is 12.2. The Balaban J connectivity index is 1.55. The Morgan fingerprint density at radius 3 is 2.96 bits per heavy atom. The number of carbonyl (C=O) groups is 1. The van der Waals surface area contributed by atoms with E-state index in [-0.39, 0.29) is 5.91 Å². The molecule has 0 spiro atoms. The number of aryl methyl sites for hydroxylation is 2. The summed E-state index contributed by atoms with van der Waals surface area (Å²) < 4.78 is 1.88. The summed E-state index contributed by atoms with van der Waals surface area (Å²) in [5.41, 5.74) is 3.26. The quantitative estimate of drug-likeness (QED) is 0.918. The normalized spacial score (nSPS) is 18.9. The molecule has 5 nitrogen and oxygen atoms in total. The minimum atomic E-state index is 0.125. The van der Waals surface area contributed by atoms with Crippen LogP contribution in [0.4, 0.5) is 0 Å². The standard InChI is InChI=1S/C19H28N4O/c1-14-7-9-18-16(12-14)17(21-23(18)3)13-20-19(24)10-8-15-6-4-5-11-22(15)2/h7,9,12,15H,4-6,8,10-11,13H2,1-3H3,(H,20,24)/t15-/m0/s1. The molecule has 5 heteroatoms. The maximum absolute atomic E-state index is 12.2. The molecule has 1 saturated heterocycles. The molecule has 0 aliphatic carbocycles. The molecule has 1 atom stereocenters. The van der Waals surface area contributed by atoms with Crippen molar-refractivity contribution in [2.75, 3.05) is 13.6 Å². The van der Waals surface area contributed by atoms with Crippen LogP contribution in [0.3, 0.4) is 0 Å². The van der Waals surface area contributed by atoms with Crippen molar-refractivity contribution < 1.29 is 4.79 Å². The van der Waals surface area contributed by atoms with Gasteiger partial charge in [-0.15, -0.1) is 0 Å². The van der Waals surface area contributed by atoms with Gasteiger partial charge >= 0.3 is 0 Å². The number of likely N-dealkylation sites (tertiary alicyclic amines) is 1. The summed E-state index contributed by atoms with van der Waals surface area (Å²) >= 11 is 0. The lowest BCUT2D eigenvalue weighted by Crippen LogP contribution is -2.37. The van der Waals surface area contributed by atoms with E-state index in [1.165, 1.54) is 24.8 Å². The van der Waals surface area contributed by atoms with Crippen molar-refractivity contribution in [1.82, 2.24) is 20.0 Å². The Bertz CT molecular complexity index is 721. The van der Waals surface area contributed by atoms with E-state index in [1.54, 1.807) is 0 Å². The lowest BCUT2D eigenvalue weighted by molar-refractivity contribution is -0.121. The molecule has 0 bridgehead atoms. The van der Waals surface area contributed by atoms with Gasteiger partial charge in [-0.1, -0.05) is 18.1 Å². The molecule has 1 aromatic carbocycles. The summed E-state index contributed by atoms with van der Waals surface area (Å²) in [7, 11) is 4.12. The summed E-state index contributed by atoms with van der Waals surface area (Å²) in [6.45, 7) is 3.74. The molecule has 1 aromatic heterocycles. The number of aromatic nitrogens is 2. The van der Waals surface area contributed by atoms with Gasteiger partial charge in [-0.3, -0.25) is 9.48 Å². The smallest absolute Gasteiger partial charge is 0.220 e. The van der Waals surface area contributed by atoms with Crippen LogP contribution >= 0.6 is 0 Å². The first-order valence-electron chi connectivity index (χ1n) is 8.94. The minimum Gasteiger partial charge on any atom is -0.350 e. The summed E-state index contributed by atoms with van der Waals surface area (Å²) in [5.74, 6) is 0.125. The van der Waals surface area contributed by atoms with E-state index in [9.17, 15) is 4.79 Å². The molecule has 1 aliphatic rings. The second kappa shape index (κ2) is 7.34. The Morgan fingerprint density at radius 1 is 1.33 bits per heavy atom. The van der Waals surface area contributed by atoms with Gasteiger partial charge in [-0.25, -0.2) is 0 Å². The fourth-order valence-electron chi connectivity index (χ4n) is 3.66. The molecule has 130 valence electrons.